The van der Waals surface area contributed by atoms with Gasteiger partial charge in [-0.3, -0.25) is 14.4 Å². The second-order valence-corrected chi connectivity index (χ2v) is 8.61. The normalized spacial score (nSPS) is 20.8. The third-order valence-electron chi connectivity index (χ3n) is 5.67. The number of hydrogen-bond acceptors (Lipinski definition) is 6. The molecular formula is C23H24ClN3O5. The molecule has 32 heavy (non-hydrogen) atoms. The maximum Gasteiger partial charge on any atom is 0.311 e. The van der Waals surface area contributed by atoms with Crippen LogP contribution < -0.4 is 0 Å². The van der Waals surface area contributed by atoms with Gasteiger partial charge in [-0.1, -0.05) is 23.7 Å². The molecule has 0 radical (unpaired) electrons. The highest BCUT2D eigenvalue weighted by molar-refractivity contribution is 6.30. The Balaban J connectivity index is 1.44. The third kappa shape index (κ3) is 4.55. The molecule has 0 bridgehead atoms. The summed E-state index contributed by atoms with van der Waals surface area (Å²) in [4.78, 5) is 39.1. The second kappa shape index (κ2) is 9.16. The molecule has 4 rings (SSSR count). The van der Waals surface area contributed by atoms with E-state index < -0.39 is 30.4 Å². The number of halogens is 1. The number of ether oxygens (including phenoxy) is 1. The Morgan fingerprint density at radius 3 is 2.59 bits per heavy atom. The van der Waals surface area contributed by atoms with Crippen molar-refractivity contribution in [3.8, 4) is 0 Å². The van der Waals surface area contributed by atoms with Crippen LogP contribution in [0.3, 0.4) is 0 Å². The first kappa shape index (κ1) is 22.1. The molecule has 0 spiro atoms. The van der Waals surface area contributed by atoms with E-state index in [0.717, 1.165) is 5.56 Å². The number of amides is 2. The number of furan rings is 1. The molecule has 1 fully saturated rings. The molecule has 2 amide bonds. The van der Waals surface area contributed by atoms with Crippen molar-refractivity contribution in [1.29, 1.82) is 0 Å². The van der Waals surface area contributed by atoms with Gasteiger partial charge in [-0.2, -0.15) is 5.10 Å². The van der Waals surface area contributed by atoms with Crippen molar-refractivity contribution in [3.05, 3.63) is 59.0 Å². The van der Waals surface area contributed by atoms with Crippen molar-refractivity contribution in [2.45, 2.75) is 38.8 Å². The van der Waals surface area contributed by atoms with Crippen molar-refractivity contribution < 1.29 is 23.5 Å². The van der Waals surface area contributed by atoms with Gasteiger partial charge >= 0.3 is 5.97 Å². The average Bonchev–Trinajstić information content (AvgIpc) is 3.51. The molecule has 1 aromatic carbocycles. The highest BCUT2D eigenvalue weighted by atomic mass is 35.5. The zero-order valence-electron chi connectivity index (χ0n) is 17.9. The van der Waals surface area contributed by atoms with Crippen LogP contribution in [0.15, 0.2) is 52.2 Å². The van der Waals surface area contributed by atoms with E-state index in [1.54, 1.807) is 29.2 Å². The SMILES string of the molecule is CC(C)N1CC(C(=O)OCC(=O)N2N=C(c3ccc(Cl)cc3)CC2c2ccco2)CC1=O. The van der Waals surface area contributed by atoms with Crippen LogP contribution in [0.5, 0.6) is 0 Å². The van der Waals surface area contributed by atoms with Gasteiger partial charge in [-0.25, -0.2) is 5.01 Å². The molecule has 2 aliphatic rings. The van der Waals surface area contributed by atoms with Crippen LogP contribution in [0, 0.1) is 5.92 Å². The zero-order valence-corrected chi connectivity index (χ0v) is 18.6. The van der Waals surface area contributed by atoms with Crippen molar-refractivity contribution in [2.75, 3.05) is 13.2 Å². The first-order valence-electron chi connectivity index (χ1n) is 10.5. The van der Waals surface area contributed by atoms with Gasteiger partial charge in [0.15, 0.2) is 6.61 Å². The van der Waals surface area contributed by atoms with E-state index in [0.29, 0.717) is 29.5 Å². The van der Waals surface area contributed by atoms with E-state index in [2.05, 4.69) is 5.10 Å². The van der Waals surface area contributed by atoms with Crippen molar-refractivity contribution in [3.63, 3.8) is 0 Å². The molecule has 0 saturated carbocycles. The van der Waals surface area contributed by atoms with Gasteiger partial charge in [-0.15, -0.1) is 0 Å². The summed E-state index contributed by atoms with van der Waals surface area (Å²) >= 11 is 5.98. The number of rotatable bonds is 6. The molecule has 9 heteroatoms. The standard InChI is InChI=1S/C23H24ClN3O5/c1-14(2)26-12-16(10-21(26)28)23(30)32-13-22(29)27-19(20-4-3-9-31-20)11-18(25-27)15-5-7-17(24)8-6-15/h3-9,14,16,19H,10-13H2,1-2H3. The summed E-state index contributed by atoms with van der Waals surface area (Å²) in [5, 5.41) is 6.40. The molecule has 2 unspecified atom stereocenters. The predicted molar refractivity (Wildman–Crippen MR) is 117 cm³/mol. The van der Waals surface area contributed by atoms with Gasteiger partial charge < -0.3 is 14.1 Å². The lowest BCUT2D eigenvalue weighted by molar-refractivity contribution is -0.156. The van der Waals surface area contributed by atoms with Crippen LogP contribution >= 0.6 is 11.6 Å². The first-order chi connectivity index (χ1) is 15.3. The Bertz CT molecular complexity index is 1030. The summed E-state index contributed by atoms with van der Waals surface area (Å²) in [6, 6.07) is 10.3. The molecule has 1 saturated heterocycles. The molecule has 3 heterocycles. The Hall–Kier alpha value is -3.13. The quantitative estimate of drug-likeness (QED) is 0.620. The van der Waals surface area contributed by atoms with E-state index in [1.165, 1.54) is 11.3 Å². The molecule has 0 N–H and O–H groups in total. The van der Waals surface area contributed by atoms with Crippen LogP contribution in [-0.2, 0) is 19.1 Å². The van der Waals surface area contributed by atoms with Gasteiger partial charge in [0.25, 0.3) is 5.91 Å². The van der Waals surface area contributed by atoms with Crippen molar-refractivity contribution in [2.24, 2.45) is 11.0 Å². The van der Waals surface area contributed by atoms with Crippen molar-refractivity contribution >= 4 is 35.1 Å². The monoisotopic (exact) mass is 457 g/mol. The van der Waals surface area contributed by atoms with Crippen LogP contribution in [0.1, 0.15) is 44.1 Å². The number of carbonyl (C=O) groups excluding carboxylic acids is 3. The fourth-order valence-corrected chi connectivity index (χ4v) is 4.09. The number of hydrazone groups is 1. The molecule has 0 aliphatic carbocycles. The van der Waals surface area contributed by atoms with E-state index >= 15 is 0 Å². The van der Waals surface area contributed by atoms with E-state index in [-0.39, 0.29) is 18.4 Å². The minimum Gasteiger partial charge on any atom is -0.467 e. The molecule has 2 aliphatic heterocycles. The summed E-state index contributed by atoms with van der Waals surface area (Å²) in [7, 11) is 0. The molecule has 1 aromatic heterocycles. The molecule has 2 aromatic rings. The summed E-state index contributed by atoms with van der Waals surface area (Å²) in [6.45, 7) is 3.64. The van der Waals surface area contributed by atoms with Crippen molar-refractivity contribution in [1.82, 2.24) is 9.91 Å². The lowest BCUT2D eigenvalue weighted by Gasteiger charge is -2.21. The van der Waals surface area contributed by atoms with Gasteiger partial charge in [0.05, 0.1) is 17.9 Å². The van der Waals surface area contributed by atoms with E-state index in [1.807, 2.05) is 26.0 Å². The van der Waals surface area contributed by atoms with E-state index in [4.69, 9.17) is 20.8 Å². The topological polar surface area (TPSA) is 92.4 Å². The smallest absolute Gasteiger partial charge is 0.311 e. The highest BCUT2D eigenvalue weighted by Gasteiger charge is 2.38. The lowest BCUT2D eigenvalue weighted by atomic mass is 10.0. The predicted octanol–water partition coefficient (Wildman–Crippen LogP) is 3.41. The Labute approximate surface area is 190 Å². The number of likely N-dealkylation sites (tertiary alicyclic amines) is 1. The van der Waals surface area contributed by atoms with Gasteiger partial charge in [0, 0.05) is 30.5 Å². The van der Waals surface area contributed by atoms with Crippen LogP contribution in [0.2, 0.25) is 5.02 Å². The Morgan fingerprint density at radius 1 is 1.22 bits per heavy atom. The summed E-state index contributed by atoms with van der Waals surface area (Å²) in [6.07, 6.45) is 2.09. The molecule has 2 atom stereocenters. The number of nitrogens with zero attached hydrogens (tertiary/aromatic N) is 3. The highest BCUT2D eigenvalue weighted by Crippen LogP contribution is 2.33. The number of carbonyl (C=O) groups is 3. The summed E-state index contributed by atoms with van der Waals surface area (Å²) < 4.78 is 10.8. The third-order valence-corrected chi connectivity index (χ3v) is 5.92. The first-order valence-corrected chi connectivity index (χ1v) is 10.9. The fraction of sp³-hybridized carbons (Fsp3) is 0.391. The van der Waals surface area contributed by atoms with Gasteiger partial charge in [0.2, 0.25) is 5.91 Å². The van der Waals surface area contributed by atoms with E-state index in [9.17, 15) is 14.4 Å². The zero-order chi connectivity index (χ0) is 22.8. The number of hydrogen-bond donors (Lipinski definition) is 0. The molecular weight excluding hydrogens is 434 g/mol. The Morgan fingerprint density at radius 2 is 1.97 bits per heavy atom. The summed E-state index contributed by atoms with van der Waals surface area (Å²) in [5.41, 5.74) is 1.55. The molecule has 8 nitrogen and oxygen atoms in total. The average molecular weight is 458 g/mol. The maximum atomic E-state index is 12.9. The largest absolute Gasteiger partial charge is 0.467 e. The van der Waals surface area contributed by atoms with Crippen LogP contribution in [0.4, 0.5) is 0 Å². The summed E-state index contributed by atoms with van der Waals surface area (Å²) in [5.74, 6) is -1.07. The number of esters is 1. The Kier molecular flexibility index (Phi) is 6.32. The molecule has 168 valence electrons. The maximum absolute atomic E-state index is 12.9. The van der Waals surface area contributed by atoms with Crippen LogP contribution in [-0.4, -0.2) is 52.6 Å². The minimum absolute atomic E-state index is 0.0150. The number of benzene rings is 1. The fourth-order valence-electron chi connectivity index (χ4n) is 3.96. The van der Waals surface area contributed by atoms with Crippen LogP contribution in [0.25, 0.3) is 0 Å². The van der Waals surface area contributed by atoms with Gasteiger partial charge in [-0.05, 0) is 43.7 Å². The minimum atomic E-state index is -0.565. The second-order valence-electron chi connectivity index (χ2n) is 8.18. The lowest BCUT2D eigenvalue weighted by Crippen LogP contribution is -2.34. The van der Waals surface area contributed by atoms with Gasteiger partial charge in [0.1, 0.15) is 11.8 Å².